The van der Waals surface area contributed by atoms with E-state index in [-0.39, 0.29) is 19.1 Å². The van der Waals surface area contributed by atoms with Gasteiger partial charge in [-0.15, -0.1) is 0 Å². The topological polar surface area (TPSA) is 78.8 Å². The van der Waals surface area contributed by atoms with Gasteiger partial charge in [0.1, 0.15) is 6.61 Å². The molecule has 1 amide bonds. The monoisotopic (exact) mass is 406 g/mol. The number of hydrogen-bond donors (Lipinski definition) is 1. The second-order valence-electron chi connectivity index (χ2n) is 6.79. The predicted molar refractivity (Wildman–Crippen MR) is 111 cm³/mol. The van der Waals surface area contributed by atoms with Gasteiger partial charge in [0.25, 0.3) is 5.91 Å². The van der Waals surface area contributed by atoms with Crippen LogP contribution in [0.5, 0.6) is 11.5 Å². The smallest absolute Gasteiger partial charge is 0.340 e. The molecule has 1 aliphatic rings. The molecule has 2 aromatic carbocycles. The molecular formula is C23H22N2O5. The highest BCUT2D eigenvalue weighted by Gasteiger charge is 2.29. The number of carbonyl (C=O) groups excluding carboxylic acids is 2. The zero-order chi connectivity index (χ0) is 21.1. The van der Waals surface area contributed by atoms with E-state index in [1.165, 1.54) is 0 Å². The molecule has 1 N–H and O–H groups in total. The summed E-state index contributed by atoms with van der Waals surface area (Å²) in [5.74, 6) is 0.305. The number of esters is 1. The molecule has 0 saturated heterocycles. The highest BCUT2D eigenvalue weighted by Crippen LogP contribution is 2.31. The van der Waals surface area contributed by atoms with Crippen LogP contribution in [0, 0.1) is 6.92 Å². The Kier molecular flexibility index (Phi) is 5.43. The predicted octanol–water partition coefficient (Wildman–Crippen LogP) is 3.55. The number of ether oxygens (including phenoxy) is 3. The summed E-state index contributed by atoms with van der Waals surface area (Å²) in [4.78, 5) is 25.4. The Morgan fingerprint density at radius 1 is 1.10 bits per heavy atom. The number of para-hydroxylation sites is 2. The molecule has 4 rings (SSSR count). The Hall–Kier alpha value is -3.74. The molecular weight excluding hydrogens is 384 g/mol. The third kappa shape index (κ3) is 3.74. The average molecular weight is 406 g/mol. The van der Waals surface area contributed by atoms with E-state index in [0.717, 1.165) is 5.56 Å². The first-order valence-electron chi connectivity index (χ1n) is 9.72. The average Bonchev–Trinajstić information content (AvgIpc) is 3.10. The molecule has 0 aliphatic carbocycles. The van der Waals surface area contributed by atoms with Crippen molar-refractivity contribution in [1.29, 1.82) is 0 Å². The fourth-order valence-electron chi connectivity index (χ4n) is 3.32. The number of rotatable bonds is 5. The SMILES string of the molecule is CCOC(=O)c1cc(-c2ccccc2)n(NC(=O)[C@@H]2COc3ccccc3O2)c1C. The maximum Gasteiger partial charge on any atom is 0.340 e. The minimum Gasteiger partial charge on any atom is -0.485 e. The summed E-state index contributed by atoms with van der Waals surface area (Å²) in [6, 6.07) is 18.4. The van der Waals surface area contributed by atoms with Crippen molar-refractivity contribution in [3.05, 3.63) is 71.9 Å². The molecule has 3 aromatic rings. The van der Waals surface area contributed by atoms with Crippen LogP contribution in [0.1, 0.15) is 23.0 Å². The van der Waals surface area contributed by atoms with Crippen molar-refractivity contribution >= 4 is 11.9 Å². The Balaban J connectivity index is 1.64. The van der Waals surface area contributed by atoms with E-state index in [1.54, 1.807) is 36.7 Å². The van der Waals surface area contributed by atoms with E-state index in [0.29, 0.717) is 28.5 Å². The van der Waals surface area contributed by atoms with E-state index in [9.17, 15) is 9.59 Å². The molecule has 7 heteroatoms. The lowest BCUT2D eigenvalue weighted by Gasteiger charge is -2.26. The van der Waals surface area contributed by atoms with E-state index < -0.39 is 12.1 Å². The fraction of sp³-hybridized carbons (Fsp3) is 0.217. The summed E-state index contributed by atoms with van der Waals surface area (Å²) in [5, 5.41) is 0. The zero-order valence-electron chi connectivity index (χ0n) is 16.8. The quantitative estimate of drug-likeness (QED) is 0.656. The lowest BCUT2D eigenvalue weighted by atomic mass is 10.1. The summed E-state index contributed by atoms with van der Waals surface area (Å²) in [6.45, 7) is 3.87. The first kappa shape index (κ1) is 19.6. The first-order valence-corrected chi connectivity index (χ1v) is 9.72. The van der Waals surface area contributed by atoms with E-state index in [2.05, 4.69) is 5.43 Å². The van der Waals surface area contributed by atoms with Crippen molar-refractivity contribution in [3.8, 4) is 22.8 Å². The number of carbonyl (C=O) groups is 2. The number of nitrogens with zero attached hydrogens (tertiary/aromatic N) is 1. The van der Waals surface area contributed by atoms with Crippen LogP contribution in [0.3, 0.4) is 0 Å². The lowest BCUT2D eigenvalue weighted by Crippen LogP contribution is -2.43. The van der Waals surface area contributed by atoms with Crippen molar-refractivity contribution in [2.24, 2.45) is 0 Å². The molecule has 30 heavy (non-hydrogen) atoms. The van der Waals surface area contributed by atoms with Gasteiger partial charge in [0.15, 0.2) is 11.5 Å². The summed E-state index contributed by atoms with van der Waals surface area (Å²) in [7, 11) is 0. The molecule has 0 fully saturated rings. The van der Waals surface area contributed by atoms with E-state index in [1.807, 2.05) is 42.5 Å². The number of aromatic nitrogens is 1. The maximum atomic E-state index is 13.0. The number of fused-ring (bicyclic) bond motifs is 1. The molecule has 0 bridgehead atoms. The Morgan fingerprint density at radius 3 is 2.53 bits per heavy atom. The zero-order valence-corrected chi connectivity index (χ0v) is 16.8. The summed E-state index contributed by atoms with van der Waals surface area (Å²) in [6.07, 6.45) is -0.823. The Morgan fingerprint density at radius 2 is 1.80 bits per heavy atom. The van der Waals surface area contributed by atoms with E-state index >= 15 is 0 Å². The molecule has 7 nitrogen and oxygen atoms in total. The van der Waals surface area contributed by atoms with Gasteiger partial charge in [-0.3, -0.25) is 14.9 Å². The van der Waals surface area contributed by atoms with E-state index in [4.69, 9.17) is 14.2 Å². The highest BCUT2D eigenvalue weighted by atomic mass is 16.6. The lowest BCUT2D eigenvalue weighted by molar-refractivity contribution is -0.126. The molecule has 1 aromatic heterocycles. The molecule has 154 valence electrons. The third-order valence-electron chi connectivity index (χ3n) is 4.84. The third-order valence-corrected chi connectivity index (χ3v) is 4.84. The van der Waals surface area contributed by atoms with Crippen LogP contribution in [-0.4, -0.2) is 35.9 Å². The molecule has 2 heterocycles. The van der Waals surface area contributed by atoms with Crippen molar-refractivity contribution < 1.29 is 23.8 Å². The van der Waals surface area contributed by atoms with Gasteiger partial charge in [0.05, 0.1) is 23.6 Å². The van der Waals surface area contributed by atoms with Crippen molar-refractivity contribution in [3.63, 3.8) is 0 Å². The van der Waals surface area contributed by atoms with Gasteiger partial charge in [0.2, 0.25) is 6.10 Å². The summed E-state index contributed by atoms with van der Waals surface area (Å²) >= 11 is 0. The Bertz CT molecular complexity index is 1070. The maximum absolute atomic E-state index is 13.0. The van der Waals surface area contributed by atoms with Crippen LogP contribution in [0.4, 0.5) is 0 Å². The van der Waals surface area contributed by atoms with Gasteiger partial charge in [0, 0.05) is 5.56 Å². The first-order chi connectivity index (χ1) is 14.6. The summed E-state index contributed by atoms with van der Waals surface area (Å²) < 4.78 is 18.2. The fourth-order valence-corrected chi connectivity index (χ4v) is 3.32. The number of amides is 1. The van der Waals surface area contributed by atoms with Crippen molar-refractivity contribution in [1.82, 2.24) is 4.68 Å². The second kappa shape index (κ2) is 8.32. The highest BCUT2D eigenvalue weighted by molar-refractivity contribution is 5.94. The van der Waals surface area contributed by atoms with Crippen LogP contribution < -0.4 is 14.9 Å². The molecule has 0 unspecified atom stereocenters. The van der Waals surface area contributed by atoms with Gasteiger partial charge < -0.3 is 14.2 Å². The van der Waals surface area contributed by atoms with Gasteiger partial charge in [-0.25, -0.2) is 4.79 Å². The molecule has 0 spiro atoms. The summed E-state index contributed by atoms with van der Waals surface area (Å²) in [5.41, 5.74) is 5.34. The van der Waals surface area contributed by atoms with Crippen LogP contribution >= 0.6 is 0 Å². The van der Waals surface area contributed by atoms with Crippen LogP contribution in [0.25, 0.3) is 11.3 Å². The number of benzene rings is 2. The second-order valence-corrected chi connectivity index (χ2v) is 6.79. The molecule has 0 radical (unpaired) electrons. The minimum absolute atomic E-state index is 0.0918. The van der Waals surface area contributed by atoms with Crippen LogP contribution in [0.2, 0.25) is 0 Å². The van der Waals surface area contributed by atoms with Crippen molar-refractivity contribution in [2.45, 2.75) is 20.0 Å². The van der Waals surface area contributed by atoms with Gasteiger partial charge in [-0.1, -0.05) is 42.5 Å². The molecule has 1 atom stereocenters. The molecule has 0 saturated carbocycles. The Labute approximate surface area is 174 Å². The number of hydrogen-bond acceptors (Lipinski definition) is 5. The van der Waals surface area contributed by atoms with Crippen LogP contribution in [-0.2, 0) is 9.53 Å². The van der Waals surface area contributed by atoms with Gasteiger partial charge in [-0.05, 0) is 32.0 Å². The molecule has 1 aliphatic heterocycles. The van der Waals surface area contributed by atoms with Gasteiger partial charge in [-0.2, -0.15) is 0 Å². The standard InChI is InChI=1S/C23H22N2O5/c1-3-28-23(27)17-13-18(16-9-5-4-6-10-16)25(15(17)2)24-22(26)21-14-29-19-11-7-8-12-20(19)30-21/h4-13,21H,3,14H2,1-2H3,(H,24,26)/t21-/m0/s1. The number of nitrogens with one attached hydrogen (secondary N) is 1. The van der Waals surface area contributed by atoms with Crippen molar-refractivity contribution in [2.75, 3.05) is 18.6 Å². The van der Waals surface area contributed by atoms with Gasteiger partial charge >= 0.3 is 5.97 Å². The largest absolute Gasteiger partial charge is 0.485 e. The minimum atomic E-state index is -0.823. The normalized spacial score (nSPS) is 14.8. The van der Waals surface area contributed by atoms with Crippen LogP contribution in [0.15, 0.2) is 60.7 Å².